The highest BCUT2D eigenvalue weighted by atomic mass is 16.5. The largest absolute Gasteiger partial charge is 0.493 e. The zero-order valence-corrected chi connectivity index (χ0v) is 16.0. The minimum absolute atomic E-state index is 0.0968. The van der Waals surface area contributed by atoms with Gasteiger partial charge in [-0.1, -0.05) is 34.6 Å². The summed E-state index contributed by atoms with van der Waals surface area (Å²) < 4.78 is 11.5. The minimum Gasteiger partial charge on any atom is -0.493 e. The molecule has 0 fully saturated rings. The van der Waals surface area contributed by atoms with Gasteiger partial charge in [0.25, 0.3) is 5.91 Å². The SMILES string of the molecule is CCCOC(C)(CC(C)C)C(=O)Nc1ccc(OCC(C)C)cc1. The maximum absolute atomic E-state index is 12.7. The van der Waals surface area contributed by atoms with Crippen molar-refractivity contribution in [2.24, 2.45) is 11.8 Å². The molecule has 0 bridgehead atoms. The molecule has 1 rings (SSSR count). The summed E-state index contributed by atoms with van der Waals surface area (Å²) in [5, 5.41) is 2.97. The topological polar surface area (TPSA) is 47.6 Å². The fraction of sp³-hybridized carbons (Fsp3) is 0.650. The van der Waals surface area contributed by atoms with Gasteiger partial charge in [-0.3, -0.25) is 4.79 Å². The molecule has 1 aromatic rings. The van der Waals surface area contributed by atoms with Crippen LogP contribution in [0.15, 0.2) is 24.3 Å². The normalized spacial score (nSPS) is 13.8. The van der Waals surface area contributed by atoms with E-state index in [-0.39, 0.29) is 5.91 Å². The van der Waals surface area contributed by atoms with Crippen molar-refractivity contribution in [3.05, 3.63) is 24.3 Å². The molecule has 0 heterocycles. The summed E-state index contributed by atoms with van der Waals surface area (Å²) in [7, 11) is 0. The summed E-state index contributed by atoms with van der Waals surface area (Å²) in [6, 6.07) is 7.49. The van der Waals surface area contributed by atoms with E-state index in [0.717, 1.165) is 17.9 Å². The zero-order valence-electron chi connectivity index (χ0n) is 16.0. The van der Waals surface area contributed by atoms with E-state index >= 15 is 0 Å². The molecule has 1 unspecified atom stereocenters. The molecule has 1 amide bonds. The van der Waals surface area contributed by atoms with Gasteiger partial charge in [0.05, 0.1) is 6.61 Å². The molecule has 4 heteroatoms. The van der Waals surface area contributed by atoms with Gasteiger partial charge >= 0.3 is 0 Å². The van der Waals surface area contributed by atoms with Gasteiger partial charge in [0.2, 0.25) is 0 Å². The molecule has 0 aliphatic carbocycles. The molecule has 0 saturated heterocycles. The van der Waals surface area contributed by atoms with E-state index in [9.17, 15) is 4.79 Å². The van der Waals surface area contributed by atoms with Crippen molar-refractivity contribution < 1.29 is 14.3 Å². The number of carbonyl (C=O) groups excluding carboxylic acids is 1. The summed E-state index contributed by atoms with van der Waals surface area (Å²) in [6.07, 6.45) is 1.58. The van der Waals surface area contributed by atoms with Gasteiger partial charge in [-0.25, -0.2) is 0 Å². The summed E-state index contributed by atoms with van der Waals surface area (Å²) in [6.45, 7) is 13.6. The third-order valence-electron chi connectivity index (χ3n) is 3.60. The Bertz CT molecular complexity index is 496. The molecular weight excluding hydrogens is 302 g/mol. The summed E-state index contributed by atoms with van der Waals surface area (Å²) in [4.78, 5) is 12.7. The number of hydrogen-bond acceptors (Lipinski definition) is 3. The second kappa shape index (κ2) is 9.67. The quantitative estimate of drug-likeness (QED) is 0.662. The van der Waals surface area contributed by atoms with Crippen LogP contribution in [0, 0.1) is 11.8 Å². The number of amides is 1. The van der Waals surface area contributed by atoms with Gasteiger partial charge in [0.15, 0.2) is 0 Å². The lowest BCUT2D eigenvalue weighted by atomic mass is 9.93. The molecule has 4 nitrogen and oxygen atoms in total. The molecule has 0 aromatic heterocycles. The van der Waals surface area contributed by atoms with Crippen LogP contribution >= 0.6 is 0 Å². The highest BCUT2D eigenvalue weighted by molar-refractivity contribution is 5.97. The van der Waals surface area contributed by atoms with E-state index in [1.54, 1.807) is 0 Å². The molecule has 0 aliphatic heterocycles. The predicted molar refractivity (Wildman–Crippen MR) is 99.5 cm³/mol. The Morgan fingerprint density at radius 2 is 1.75 bits per heavy atom. The fourth-order valence-corrected chi connectivity index (χ4v) is 2.48. The van der Waals surface area contributed by atoms with Crippen LogP contribution in [0.4, 0.5) is 5.69 Å². The lowest BCUT2D eigenvalue weighted by Crippen LogP contribution is -2.44. The summed E-state index contributed by atoms with van der Waals surface area (Å²) in [5.41, 5.74) is -0.0521. The summed E-state index contributed by atoms with van der Waals surface area (Å²) >= 11 is 0. The fourth-order valence-electron chi connectivity index (χ4n) is 2.48. The first kappa shape index (κ1) is 20.5. The number of nitrogens with one attached hydrogen (secondary N) is 1. The van der Waals surface area contributed by atoms with Gasteiger partial charge < -0.3 is 14.8 Å². The standard InChI is InChI=1S/C20H33NO3/c1-7-12-24-20(6,13-15(2)3)19(22)21-17-8-10-18(11-9-17)23-14-16(4)5/h8-11,15-16H,7,12-14H2,1-6H3,(H,21,22). The van der Waals surface area contributed by atoms with Gasteiger partial charge in [0.1, 0.15) is 11.4 Å². The first-order chi connectivity index (χ1) is 11.3. The molecule has 1 N–H and O–H groups in total. The van der Waals surface area contributed by atoms with Crippen LogP contribution in [0.3, 0.4) is 0 Å². The maximum atomic E-state index is 12.7. The van der Waals surface area contributed by atoms with Crippen molar-refractivity contribution >= 4 is 11.6 Å². The number of ether oxygens (including phenoxy) is 2. The van der Waals surface area contributed by atoms with Crippen molar-refractivity contribution in [3.8, 4) is 5.75 Å². The number of benzene rings is 1. The second-order valence-electron chi connectivity index (χ2n) is 7.36. The average molecular weight is 335 g/mol. The van der Waals surface area contributed by atoms with Crippen molar-refractivity contribution in [1.29, 1.82) is 0 Å². The van der Waals surface area contributed by atoms with Crippen molar-refractivity contribution in [1.82, 2.24) is 0 Å². The Balaban J connectivity index is 2.72. The third kappa shape index (κ3) is 6.91. The van der Waals surface area contributed by atoms with Crippen LogP contribution in [0.2, 0.25) is 0 Å². The third-order valence-corrected chi connectivity index (χ3v) is 3.60. The van der Waals surface area contributed by atoms with E-state index in [1.807, 2.05) is 38.1 Å². The Morgan fingerprint density at radius 1 is 1.12 bits per heavy atom. The maximum Gasteiger partial charge on any atom is 0.256 e. The first-order valence-corrected chi connectivity index (χ1v) is 8.95. The molecule has 136 valence electrons. The zero-order chi connectivity index (χ0) is 18.2. The minimum atomic E-state index is -0.809. The summed E-state index contributed by atoms with van der Waals surface area (Å²) in [5.74, 6) is 1.58. The van der Waals surface area contributed by atoms with Crippen LogP contribution in [-0.4, -0.2) is 24.7 Å². The van der Waals surface area contributed by atoms with Crippen molar-refractivity contribution in [2.45, 2.75) is 60.0 Å². The lowest BCUT2D eigenvalue weighted by molar-refractivity contribution is -0.141. The van der Waals surface area contributed by atoms with Crippen molar-refractivity contribution in [2.75, 3.05) is 18.5 Å². The number of anilines is 1. The van der Waals surface area contributed by atoms with Crippen LogP contribution in [-0.2, 0) is 9.53 Å². The average Bonchev–Trinajstić information content (AvgIpc) is 2.51. The van der Waals surface area contributed by atoms with E-state index in [2.05, 4.69) is 33.0 Å². The smallest absolute Gasteiger partial charge is 0.256 e. The molecule has 1 aromatic carbocycles. The predicted octanol–water partition coefficient (Wildman–Crippen LogP) is 4.89. The lowest BCUT2D eigenvalue weighted by Gasteiger charge is -2.30. The highest BCUT2D eigenvalue weighted by Gasteiger charge is 2.34. The molecule has 0 radical (unpaired) electrons. The molecule has 0 aliphatic rings. The number of rotatable bonds is 10. The van der Waals surface area contributed by atoms with Gasteiger partial charge in [-0.15, -0.1) is 0 Å². The van der Waals surface area contributed by atoms with Crippen LogP contribution in [0.1, 0.15) is 54.4 Å². The first-order valence-electron chi connectivity index (χ1n) is 8.95. The van der Waals surface area contributed by atoms with Gasteiger partial charge in [-0.2, -0.15) is 0 Å². The van der Waals surface area contributed by atoms with E-state index in [4.69, 9.17) is 9.47 Å². The molecule has 0 saturated carbocycles. The van der Waals surface area contributed by atoms with Crippen LogP contribution in [0.25, 0.3) is 0 Å². The van der Waals surface area contributed by atoms with Crippen LogP contribution in [0.5, 0.6) is 5.75 Å². The van der Waals surface area contributed by atoms with Gasteiger partial charge in [-0.05, 0) is 55.9 Å². The number of hydrogen-bond donors (Lipinski definition) is 1. The van der Waals surface area contributed by atoms with E-state index in [1.165, 1.54) is 0 Å². The molecular formula is C20H33NO3. The molecule has 1 atom stereocenters. The molecule has 0 spiro atoms. The number of carbonyl (C=O) groups is 1. The van der Waals surface area contributed by atoms with Gasteiger partial charge in [0, 0.05) is 12.3 Å². The monoisotopic (exact) mass is 335 g/mol. The Labute approximate surface area is 146 Å². The molecule has 24 heavy (non-hydrogen) atoms. The Kier molecular flexibility index (Phi) is 8.26. The Hall–Kier alpha value is -1.55. The van der Waals surface area contributed by atoms with E-state index in [0.29, 0.717) is 31.5 Å². The highest BCUT2D eigenvalue weighted by Crippen LogP contribution is 2.24. The Morgan fingerprint density at radius 3 is 2.25 bits per heavy atom. The van der Waals surface area contributed by atoms with Crippen molar-refractivity contribution in [3.63, 3.8) is 0 Å². The van der Waals surface area contributed by atoms with E-state index < -0.39 is 5.60 Å². The second-order valence-corrected chi connectivity index (χ2v) is 7.36. The van der Waals surface area contributed by atoms with Crippen LogP contribution < -0.4 is 10.1 Å².